The van der Waals surface area contributed by atoms with Gasteiger partial charge in [0, 0.05) is 17.9 Å². The molecule has 1 unspecified atom stereocenters. The van der Waals surface area contributed by atoms with E-state index >= 15 is 0 Å². The lowest BCUT2D eigenvalue weighted by molar-refractivity contribution is -0.115. The number of ether oxygens (including phenoxy) is 1. The van der Waals surface area contributed by atoms with Gasteiger partial charge in [0.15, 0.2) is 5.78 Å². The van der Waals surface area contributed by atoms with Gasteiger partial charge in [-0.2, -0.15) is 0 Å². The summed E-state index contributed by atoms with van der Waals surface area (Å²) in [5.41, 5.74) is 5.65. The maximum absolute atomic E-state index is 12.0. The van der Waals surface area contributed by atoms with E-state index in [1.54, 1.807) is 7.11 Å². The second-order valence-electron chi connectivity index (χ2n) is 5.80. The van der Waals surface area contributed by atoms with Gasteiger partial charge in [-0.3, -0.25) is 4.79 Å². The highest BCUT2D eigenvalue weighted by atomic mass is 16.5. The van der Waals surface area contributed by atoms with E-state index in [-0.39, 0.29) is 11.7 Å². The second-order valence-corrected chi connectivity index (χ2v) is 5.80. The average molecular weight is 296 g/mol. The third-order valence-electron chi connectivity index (χ3n) is 4.15. The third-order valence-corrected chi connectivity index (χ3v) is 4.15. The molecule has 0 amide bonds. The summed E-state index contributed by atoms with van der Waals surface area (Å²) in [6.45, 7) is 8.19. The molecule has 0 heterocycles. The number of hydrogen-bond acceptors (Lipinski definition) is 2. The van der Waals surface area contributed by atoms with Crippen LogP contribution in [0.1, 0.15) is 37.0 Å². The Kier molecular flexibility index (Phi) is 5.02. The second kappa shape index (κ2) is 6.78. The number of allylic oxidation sites excluding steroid dienone is 6. The fraction of sp³-hybridized carbons (Fsp3) is 0.350. The summed E-state index contributed by atoms with van der Waals surface area (Å²) in [6, 6.07) is 4.11. The summed E-state index contributed by atoms with van der Waals surface area (Å²) in [5, 5.41) is 0. The number of benzene rings is 1. The average Bonchev–Trinajstić information content (AvgIpc) is 2.67. The summed E-state index contributed by atoms with van der Waals surface area (Å²) in [4.78, 5) is 12.0. The van der Waals surface area contributed by atoms with Crippen molar-refractivity contribution in [3.05, 3.63) is 58.7 Å². The summed E-state index contributed by atoms with van der Waals surface area (Å²) in [6.07, 6.45) is 8.77. The van der Waals surface area contributed by atoms with Gasteiger partial charge in [0.05, 0.1) is 7.11 Å². The van der Waals surface area contributed by atoms with Crippen molar-refractivity contribution >= 4 is 11.4 Å². The van der Waals surface area contributed by atoms with E-state index in [1.165, 1.54) is 22.3 Å². The van der Waals surface area contributed by atoms with E-state index in [0.29, 0.717) is 6.42 Å². The molecule has 0 saturated carbocycles. The molecule has 116 valence electrons. The Bertz CT molecular complexity index is 652. The molecule has 0 N–H and O–H groups in total. The number of rotatable bonds is 4. The first-order valence-corrected chi connectivity index (χ1v) is 7.76. The normalized spacial score (nSPS) is 17.6. The van der Waals surface area contributed by atoms with Crippen LogP contribution in [0.2, 0.25) is 0 Å². The van der Waals surface area contributed by atoms with Crippen molar-refractivity contribution in [2.75, 3.05) is 7.11 Å². The zero-order valence-electron chi connectivity index (χ0n) is 14.1. The van der Waals surface area contributed by atoms with Gasteiger partial charge in [-0.1, -0.05) is 38.2 Å². The molecule has 1 aromatic carbocycles. The van der Waals surface area contributed by atoms with Crippen molar-refractivity contribution in [2.45, 2.75) is 34.1 Å². The van der Waals surface area contributed by atoms with Crippen LogP contribution in [0.3, 0.4) is 0 Å². The minimum absolute atomic E-state index is 0.123. The highest BCUT2D eigenvalue weighted by molar-refractivity contribution is 5.97. The van der Waals surface area contributed by atoms with Crippen LogP contribution in [0.15, 0.2) is 42.0 Å². The molecule has 0 fully saturated rings. The van der Waals surface area contributed by atoms with Crippen molar-refractivity contribution in [3.63, 3.8) is 0 Å². The lowest BCUT2D eigenvalue weighted by atomic mass is 9.90. The summed E-state index contributed by atoms with van der Waals surface area (Å²) >= 11 is 0. The van der Waals surface area contributed by atoms with Crippen molar-refractivity contribution in [2.24, 2.45) is 5.92 Å². The molecular weight excluding hydrogens is 272 g/mol. The van der Waals surface area contributed by atoms with Crippen molar-refractivity contribution in [3.8, 4) is 5.75 Å². The summed E-state index contributed by atoms with van der Waals surface area (Å²) in [7, 11) is 1.69. The molecular formula is C20H24O2. The van der Waals surface area contributed by atoms with Gasteiger partial charge in [-0.05, 0) is 48.2 Å². The van der Waals surface area contributed by atoms with E-state index in [1.807, 2.05) is 19.1 Å². The van der Waals surface area contributed by atoms with Crippen LogP contribution >= 0.6 is 0 Å². The van der Waals surface area contributed by atoms with Gasteiger partial charge < -0.3 is 4.74 Å². The number of methoxy groups -OCH3 is 1. The highest BCUT2D eigenvalue weighted by Gasteiger charge is 2.17. The zero-order chi connectivity index (χ0) is 16.3. The number of hydrogen-bond donors (Lipinski definition) is 0. The Labute approximate surface area is 133 Å². The van der Waals surface area contributed by atoms with Gasteiger partial charge in [0.1, 0.15) is 5.75 Å². The Hall–Kier alpha value is -2.09. The van der Waals surface area contributed by atoms with E-state index in [2.05, 4.69) is 45.1 Å². The van der Waals surface area contributed by atoms with E-state index in [4.69, 9.17) is 4.74 Å². The minimum Gasteiger partial charge on any atom is -0.497 e. The molecule has 2 nitrogen and oxygen atoms in total. The lowest BCUT2D eigenvalue weighted by Gasteiger charge is -2.15. The monoisotopic (exact) mass is 296 g/mol. The van der Waals surface area contributed by atoms with Gasteiger partial charge >= 0.3 is 0 Å². The van der Waals surface area contributed by atoms with E-state index < -0.39 is 0 Å². The molecule has 1 aliphatic carbocycles. The fourth-order valence-corrected chi connectivity index (χ4v) is 3.04. The van der Waals surface area contributed by atoms with Crippen LogP contribution in [0.5, 0.6) is 5.75 Å². The number of Topliss-reactive ketones (excluding diaryl/α,β-unsaturated/α-hetero) is 1. The molecule has 1 aliphatic rings. The standard InChI is InChI=1S/C20H24O2/c1-6-19(21)18-9-7-8-16(10-13(18)2)20-14(3)11-17(22-5)12-15(20)4/h7-13H,6H2,1-5H3. The zero-order valence-corrected chi connectivity index (χ0v) is 14.1. The van der Waals surface area contributed by atoms with Gasteiger partial charge in [0.2, 0.25) is 0 Å². The first-order chi connectivity index (χ1) is 10.5. The quantitative estimate of drug-likeness (QED) is 0.797. The third kappa shape index (κ3) is 3.22. The van der Waals surface area contributed by atoms with E-state index in [9.17, 15) is 4.79 Å². The van der Waals surface area contributed by atoms with Crippen LogP contribution in [-0.2, 0) is 4.79 Å². The molecule has 0 aromatic heterocycles. The van der Waals surface area contributed by atoms with Crippen LogP contribution in [0, 0.1) is 19.8 Å². The number of carbonyl (C=O) groups excluding carboxylic acids is 1. The maximum atomic E-state index is 12.0. The lowest BCUT2D eigenvalue weighted by Crippen LogP contribution is -2.07. The summed E-state index contributed by atoms with van der Waals surface area (Å²) in [5.74, 6) is 1.22. The smallest absolute Gasteiger partial charge is 0.159 e. The minimum atomic E-state index is 0.123. The topological polar surface area (TPSA) is 26.3 Å². The fourth-order valence-electron chi connectivity index (χ4n) is 3.04. The first kappa shape index (κ1) is 16.3. The SMILES string of the molecule is CCC(=O)C1=CC=CC(c2c(C)cc(OC)cc2C)=CC1C. The predicted molar refractivity (Wildman–Crippen MR) is 92.1 cm³/mol. The predicted octanol–water partition coefficient (Wildman–Crippen LogP) is 4.81. The van der Waals surface area contributed by atoms with Gasteiger partial charge in [0.25, 0.3) is 0 Å². The molecule has 0 saturated heterocycles. The molecule has 0 spiro atoms. The largest absolute Gasteiger partial charge is 0.497 e. The number of aryl methyl sites for hydroxylation is 2. The molecule has 0 aliphatic heterocycles. The Morgan fingerprint density at radius 1 is 1.23 bits per heavy atom. The Morgan fingerprint density at radius 3 is 2.41 bits per heavy atom. The van der Waals surface area contributed by atoms with Crippen LogP contribution in [0.4, 0.5) is 0 Å². The van der Waals surface area contributed by atoms with Gasteiger partial charge in [-0.25, -0.2) is 0 Å². The Morgan fingerprint density at radius 2 is 1.86 bits per heavy atom. The van der Waals surface area contributed by atoms with Crippen molar-refractivity contribution in [1.82, 2.24) is 0 Å². The number of ketones is 1. The molecule has 22 heavy (non-hydrogen) atoms. The Balaban J connectivity index is 2.46. The molecule has 0 radical (unpaired) electrons. The molecule has 1 atom stereocenters. The molecule has 0 bridgehead atoms. The highest BCUT2D eigenvalue weighted by Crippen LogP contribution is 2.32. The summed E-state index contributed by atoms with van der Waals surface area (Å²) < 4.78 is 5.33. The number of carbonyl (C=O) groups is 1. The molecule has 1 aromatic rings. The molecule has 2 heteroatoms. The maximum Gasteiger partial charge on any atom is 0.159 e. The molecule has 2 rings (SSSR count). The van der Waals surface area contributed by atoms with Crippen LogP contribution in [0.25, 0.3) is 5.57 Å². The van der Waals surface area contributed by atoms with Crippen LogP contribution < -0.4 is 4.74 Å². The van der Waals surface area contributed by atoms with Crippen molar-refractivity contribution < 1.29 is 9.53 Å². The first-order valence-electron chi connectivity index (χ1n) is 7.76. The van der Waals surface area contributed by atoms with E-state index in [0.717, 1.165) is 11.3 Å². The van der Waals surface area contributed by atoms with Crippen LogP contribution in [-0.4, -0.2) is 12.9 Å². The van der Waals surface area contributed by atoms with Crippen molar-refractivity contribution in [1.29, 1.82) is 0 Å². The van der Waals surface area contributed by atoms with Gasteiger partial charge in [-0.15, -0.1) is 0 Å².